The van der Waals surface area contributed by atoms with E-state index in [0.717, 1.165) is 20.3 Å². The number of benzene rings is 3. The monoisotopic (exact) mass is 636 g/mol. The van der Waals surface area contributed by atoms with E-state index in [9.17, 15) is 9.59 Å². The summed E-state index contributed by atoms with van der Waals surface area (Å²) < 4.78 is 1.90. The van der Waals surface area contributed by atoms with Gasteiger partial charge < -0.3 is 9.80 Å². The molecule has 1 aliphatic carbocycles. The molecule has 7 rings (SSSR count). The van der Waals surface area contributed by atoms with Crippen molar-refractivity contribution in [2.45, 2.75) is 0 Å². The molecule has 0 amide bonds. The van der Waals surface area contributed by atoms with Gasteiger partial charge in [0.15, 0.2) is 17.4 Å². The molecule has 0 radical (unpaired) electrons. The van der Waals surface area contributed by atoms with Gasteiger partial charge >= 0.3 is 0 Å². The van der Waals surface area contributed by atoms with Crippen LogP contribution in [-0.4, -0.2) is 28.2 Å². The van der Waals surface area contributed by atoms with Crippen molar-refractivity contribution < 1.29 is 9.59 Å². The predicted molar refractivity (Wildman–Crippen MR) is 158 cm³/mol. The molecule has 2 aromatic heterocycles. The van der Waals surface area contributed by atoms with Crippen LogP contribution in [0.5, 0.6) is 0 Å². The minimum atomic E-state index is -0.228. The molecule has 0 unspecified atom stereocenters. The second-order valence-electron chi connectivity index (χ2n) is 9.25. The Kier molecular flexibility index (Phi) is 5.68. The average molecular weight is 638 g/mol. The number of halogens is 2. The number of hydrogen-bond donors (Lipinski definition) is 0. The minimum absolute atomic E-state index is 0.198. The third kappa shape index (κ3) is 3.82. The molecule has 6 nitrogen and oxygen atoms in total. The quantitative estimate of drug-likeness (QED) is 0.198. The fraction of sp³-hybridized carbons (Fsp3) is 0.0323. The van der Waals surface area contributed by atoms with Crippen LogP contribution < -0.4 is 9.80 Å². The highest BCUT2D eigenvalue weighted by Gasteiger charge is 2.42. The van der Waals surface area contributed by atoms with Gasteiger partial charge in [-0.3, -0.25) is 14.6 Å². The van der Waals surface area contributed by atoms with Crippen LogP contribution in [0.4, 0.5) is 22.9 Å². The summed E-state index contributed by atoms with van der Waals surface area (Å²) in [6, 6.07) is 28.3. The molecule has 2 aliphatic rings. The Morgan fingerprint density at radius 3 is 1.79 bits per heavy atom. The van der Waals surface area contributed by atoms with Crippen molar-refractivity contribution in [3.8, 4) is 11.4 Å². The van der Waals surface area contributed by atoms with Crippen LogP contribution in [0.1, 0.15) is 31.8 Å². The molecule has 1 aliphatic heterocycles. The van der Waals surface area contributed by atoms with Crippen LogP contribution in [0.2, 0.25) is 0 Å². The minimum Gasteiger partial charge on any atom is -0.319 e. The Morgan fingerprint density at radius 1 is 0.641 bits per heavy atom. The van der Waals surface area contributed by atoms with Gasteiger partial charge in [0.05, 0.1) is 22.5 Å². The second kappa shape index (κ2) is 9.25. The Bertz CT molecular complexity index is 1790. The van der Waals surface area contributed by atoms with E-state index < -0.39 is 0 Å². The molecule has 0 saturated heterocycles. The summed E-state index contributed by atoms with van der Waals surface area (Å²) in [6.45, 7) is 0.410. The summed E-state index contributed by atoms with van der Waals surface area (Å²) in [7, 11) is 0. The summed E-state index contributed by atoms with van der Waals surface area (Å²) in [4.78, 5) is 42.1. The van der Waals surface area contributed by atoms with Gasteiger partial charge in [-0.05, 0) is 60.7 Å². The maximum atomic E-state index is 14.3. The van der Waals surface area contributed by atoms with E-state index in [2.05, 4.69) is 46.6 Å². The first-order chi connectivity index (χ1) is 19.0. The predicted octanol–water partition coefficient (Wildman–Crippen LogP) is 7.69. The number of ketones is 2. The lowest BCUT2D eigenvalue weighted by Crippen LogP contribution is -2.26. The van der Waals surface area contributed by atoms with E-state index in [1.54, 1.807) is 30.5 Å². The number of nitrogens with zero attached hydrogens (tertiary/aromatic N) is 4. The topological polar surface area (TPSA) is 66.4 Å². The van der Waals surface area contributed by atoms with Crippen LogP contribution in [0.25, 0.3) is 11.4 Å². The molecule has 0 fully saturated rings. The Morgan fingerprint density at radius 2 is 1.21 bits per heavy atom. The fourth-order valence-electron chi connectivity index (χ4n) is 5.22. The van der Waals surface area contributed by atoms with E-state index in [4.69, 9.17) is 4.98 Å². The van der Waals surface area contributed by atoms with Gasteiger partial charge in [0.1, 0.15) is 12.4 Å². The van der Waals surface area contributed by atoms with Gasteiger partial charge in [0, 0.05) is 37.6 Å². The van der Waals surface area contributed by atoms with Gasteiger partial charge in [-0.15, -0.1) is 0 Å². The zero-order valence-electron chi connectivity index (χ0n) is 20.3. The van der Waals surface area contributed by atoms with Crippen molar-refractivity contribution in [1.82, 2.24) is 9.97 Å². The highest BCUT2D eigenvalue weighted by molar-refractivity contribution is 9.10. The maximum absolute atomic E-state index is 14.3. The van der Waals surface area contributed by atoms with Gasteiger partial charge in [-0.1, -0.05) is 62.2 Å². The van der Waals surface area contributed by atoms with Crippen molar-refractivity contribution in [3.05, 3.63) is 128 Å². The molecule has 3 aromatic carbocycles. The van der Waals surface area contributed by atoms with E-state index >= 15 is 0 Å². The molecule has 0 saturated carbocycles. The van der Waals surface area contributed by atoms with Gasteiger partial charge in [-0.2, -0.15) is 0 Å². The molecular formula is C31H18Br2N4O2. The fourth-order valence-corrected chi connectivity index (χ4v) is 5.75. The smallest absolute Gasteiger partial charge is 0.196 e. The highest BCUT2D eigenvalue weighted by Crippen LogP contribution is 2.50. The first kappa shape index (κ1) is 23.9. The number of hydrogen-bond acceptors (Lipinski definition) is 6. The van der Waals surface area contributed by atoms with Crippen LogP contribution in [0, 0.1) is 0 Å². The van der Waals surface area contributed by atoms with Gasteiger partial charge in [0.25, 0.3) is 0 Å². The number of rotatable bonds is 3. The van der Waals surface area contributed by atoms with Crippen LogP contribution in [-0.2, 0) is 0 Å². The van der Waals surface area contributed by atoms with Crippen LogP contribution >= 0.6 is 31.9 Å². The summed E-state index contributed by atoms with van der Waals surface area (Å²) in [5.41, 5.74) is 4.76. The molecule has 0 spiro atoms. The molecule has 0 atom stereocenters. The lowest BCUT2D eigenvalue weighted by atomic mass is 9.82. The Labute approximate surface area is 241 Å². The van der Waals surface area contributed by atoms with E-state index in [-0.39, 0.29) is 17.1 Å². The SMILES string of the molecule is O=C1c2ccccc2C(=O)c2c1c(-c1ccccn1)nc1c2N(c2ccc(Br)cc2)CN1c1ccc(Br)cc1. The van der Waals surface area contributed by atoms with Crippen LogP contribution in [0.15, 0.2) is 106 Å². The number of carbonyl (C=O) groups excluding carboxylic acids is 2. The highest BCUT2D eigenvalue weighted by atomic mass is 79.9. The third-order valence-corrected chi connectivity index (χ3v) is 8.07. The van der Waals surface area contributed by atoms with Crippen molar-refractivity contribution in [3.63, 3.8) is 0 Å². The lowest BCUT2D eigenvalue weighted by Gasteiger charge is -2.25. The molecule has 188 valence electrons. The lowest BCUT2D eigenvalue weighted by molar-refractivity contribution is 0.0980. The van der Waals surface area contributed by atoms with Crippen molar-refractivity contribution in [1.29, 1.82) is 0 Å². The summed E-state index contributed by atoms with van der Waals surface area (Å²) in [5.74, 6) is 0.171. The average Bonchev–Trinajstić information content (AvgIpc) is 3.35. The van der Waals surface area contributed by atoms with Crippen molar-refractivity contribution in [2.24, 2.45) is 0 Å². The van der Waals surface area contributed by atoms with Crippen molar-refractivity contribution >= 4 is 66.3 Å². The molecule has 39 heavy (non-hydrogen) atoms. The third-order valence-electron chi connectivity index (χ3n) is 7.02. The summed E-state index contributed by atoms with van der Waals surface area (Å²) >= 11 is 7.04. The molecule has 0 N–H and O–H groups in total. The Hall–Kier alpha value is -4.14. The second-order valence-corrected chi connectivity index (χ2v) is 11.1. The molecule has 5 aromatic rings. The largest absolute Gasteiger partial charge is 0.319 e. The normalized spacial score (nSPS) is 13.8. The van der Waals surface area contributed by atoms with E-state index in [0.29, 0.717) is 46.3 Å². The van der Waals surface area contributed by atoms with Gasteiger partial charge in [0.2, 0.25) is 0 Å². The molecule has 3 heterocycles. The van der Waals surface area contributed by atoms with Gasteiger partial charge in [-0.25, -0.2) is 4.98 Å². The first-order valence-corrected chi connectivity index (χ1v) is 13.8. The number of anilines is 4. The Balaban J connectivity index is 1.57. The summed E-state index contributed by atoms with van der Waals surface area (Å²) in [6.07, 6.45) is 1.67. The van der Waals surface area contributed by atoms with Crippen LogP contribution in [0.3, 0.4) is 0 Å². The standard InChI is InChI=1S/C31H18Br2N4O2/c32-18-8-12-20(13-9-18)36-17-37(21-14-10-19(33)11-15-21)31-28(36)26-25(27(35-31)24-7-3-4-16-34-24)29(38)22-5-1-2-6-23(22)30(26)39/h1-16H,17H2. The zero-order valence-corrected chi connectivity index (χ0v) is 23.5. The van der Waals surface area contributed by atoms with E-state index in [1.807, 2.05) is 66.7 Å². The van der Waals surface area contributed by atoms with E-state index in [1.165, 1.54) is 0 Å². The molecular weight excluding hydrogens is 620 g/mol. The number of aromatic nitrogens is 2. The first-order valence-electron chi connectivity index (χ1n) is 12.3. The molecule has 0 bridgehead atoms. The zero-order chi connectivity index (χ0) is 26.7. The maximum Gasteiger partial charge on any atom is 0.196 e. The number of pyridine rings is 2. The summed E-state index contributed by atoms with van der Waals surface area (Å²) in [5, 5.41) is 0. The number of carbonyl (C=O) groups is 2. The van der Waals surface area contributed by atoms with Crippen molar-refractivity contribution in [2.75, 3.05) is 16.5 Å². The number of fused-ring (bicyclic) bond motifs is 4. The molecule has 8 heteroatoms.